The molecule has 1 rings (SSSR count). The predicted molar refractivity (Wildman–Crippen MR) is 58.1 cm³/mol. The summed E-state index contributed by atoms with van der Waals surface area (Å²) in [6.45, 7) is 0. The summed E-state index contributed by atoms with van der Waals surface area (Å²) in [6.07, 6.45) is -0.627. The first-order valence-electron chi connectivity index (χ1n) is 3.81. The Morgan fingerprint density at radius 2 is 1.60 bits per heavy atom. The highest BCUT2D eigenvalue weighted by atomic mass is 35.5. The fourth-order valence-corrected chi connectivity index (χ4v) is 1.62. The third-order valence-corrected chi connectivity index (χ3v) is 2.66. The fraction of sp³-hybridized carbons (Fsp3) is 0.111. The zero-order valence-electron chi connectivity index (χ0n) is 7.26. The van der Waals surface area contributed by atoms with Crippen LogP contribution in [0.25, 0.3) is 0 Å². The van der Waals surface area contributed by atoms with Gasteiger partial charge in [-0.15, -0.1) is 0 Å². The van der Waals surface area contributed by atoms with Crippen LogP contribution in [0.5, 0.6) is 0 Å². The Morgan fingerprint density at radius 3 is 2.13 bits per heavy atom. The number of Topliss-reactive ketones (excluding diaryl/α,β-unsaturated/α-hetero) is 1. The highest BCUT2D eigenvalue weighted by Gasteiger charge is 2.15. The van der Waals surface area contributed by atoms with Gasteiger partial charge in [0.25, 0.3) is 0 Å². The van der Waals surface area contributed by atoms with E-state index >= 15 is 0 Å². The van der Waals surface area contributed by atoms with Crippen LogP contribution in [0, 0.1) is 0 Å². The highest BCUT2D eigenvalue weighted by molar-refractivity contribution is 6.44. The van der Waals surface area contributed by atoms with E-state index in [0.29, 0.717) is 0 Å². The van der Waals surface area contributed by atoms with Crippen molar-refractivity contribution in [2.45, 2.75) is 6.42 Å². The smallest absolute Gasteiger partial charge is 0.311 e. The van der Waals surface area contributed by atoms with Crippen molar-refractivity contribution < 1.29 is 14.7 Å². The molecule has 0 radical (unpaired) electrons. The van der Waals surface area contributed by atoms with Crippen molar-refractivity contribution in [1.29, 1.82) is 0 Å². The van der Waals surface area contributed by atoms with Crippen molar-refractivity contribution in [3.63, 3.8) is 0 Å². The van der Waals surface area contributed by atoms with Crippen LogP contribution in [0.2, 0.25) is 15.1 Å². The van der Waals surface area contributed by atoms with Gasteiger partial charge in [-0.2, -0.15) is 0 Å². The molecule has 0 aliphatic carbocycles. The summed E-state index contributed by atoms with van der Waals surface area (Å²) < 4.78 is 0. The van der Waals surface area contributed by atoms with Crippen molar-refractivity contribution >= 4 is 46.6 Å². The monoisotopic (exact) mass is 266 g/mol. The fourth-order valence-electron chi connectivity index (χ4n) is 0.969. The SMILES string of the molecule is O=C(O)CC(=O)c1cc(Cl)c(Cl)cc1Cl. The van der Waals surface area contributed by atoms with E-state index in [1.807, 2.05) is 0 Å². The molecule has 0 atom stereocenters. The molecule has 0 fully saturated rings. The van der Waals surface area contributed by atoms with E-state index in [1.165, 1.54) is 12.1 Å². The second-order valence-electron chi connectivity index (χ2n) is 2.74. The molecular formula is C9H5Cl3O3. The number of hydrogen-bond donors (Lipinski definition) is 1. The Labute approximate surface area is 101 Å². The van der Waals surface area contributed by atoms with Crippen molar-refractivity contribution in [1.82, 2.24) is 0 Å². The lowest BCUT2D eigenvalue weighted by Gasteiger charge is -2.03. The van der Waals surface area contributed by atoms with E-state index in [9.17, 15) is 9.59 Å². The summed E-state index contributed by atoms with van der Waals surface area (Å²) in [5.74, 6) is -1.83. The number of hydrogen-bond acceptors (Lipinski definition) is 2. The van der Waals surface area contributed by atoms with Gasteiger partial charge in [-0.05, 0) is 12.1 Å². The number of rotatable bonds is 3. The van der Waals surface area contributed by atoms with Crippen LogP contribution < -0.4 is 0 Å². The van der Waals surface area contributed by atoms with Crippen LogP contribution in [0.3, 0.4) is 0 Å². The minimum Gasteiger partial charge on any atom is -0.481 e. The van der Waals surface area contributed by atoms with Crippen LogP contribution in [-0.2, 0) is 4.79 Å². The summed E-state index contributed by atoms with van der Waals surface area (Å²) in [4.78, 5) is 21.7. The van der Waals surface area contributed by atoms with Crippen molar-refractivity contribution in [3.05, 3.63) is 32.8 Å². The van der Waals surface area contributed by atoms with E-state index in [0.717, 1.165) is 0 Å². The first kappa shape index (κ1) is 12.3. The normalized spacial score (nSPS) is 10.1. The Kier molecular flexibility index (Phi) is 3.97. The molecule has 1 aromatic rings. The summed E-state index contributed by atoms with van der Waals surface area (Å²) in [7, 11) is 0. The third kappa shape index (κ3) is 3.09. The number of aliphatic carboxylic acids is 1. The lowest BCUT2D eigenvalue weighted by atomic mass is 10.1. The van der Waals surface area contributed by atoms with Crippen LogP contribution in [0.15, 0.2) is 12.1 Å². The molecule has 0 amide bonds. The number of ketones is 1. The van der Waals surface area contributed by atoms with Gasteiger partial charge in [0.2, 0.25) is 0 Å². The number of carbonyl (C=O) groups is 2. The zero-order chi connectivity index (χ0) is 11.6. The lowest BCUT2D eigenvalue weighted by Crippen LogP contribution is -2.07. The summed E-state index contributed by atoms with van der Waals surface area (Å²) in [6, 6.07) is 2.57. The number of halogens is 3. The van der Waals surface area contributed by atoms with Crippen LogP contribution in [0.4, 0.5) is 0 Å². The molecule has 1 N–H and O–H groups in total. The average molecular weight is 267 g/mol. The van der Waals surface area contributed by atoms with Gasteiger partial charge in [0, 0.05) is 5.56 Å². The molecule has 1 aromatic carbocycles. The van der Waals surface area contributed by atoms with Gasteiger partial charge in [-0.3, -0.25) is 9.59 Å². The molecular weight excluding hydrogens is 262 g/mol. The van der Waals surface area contributed by atoms with Gasteiger partial charge in [-0.25, -0.2) is 0 Å². The standard InChI is InChI=1S/C9H5Cl3O3/c10-5-2-7(12)6(11)1-4(5)8(13)3-9(14)15/h1-2H,3H2,(H,14,15). The molecule has 0 aliphatic rings. The molecule has 0 aromatic heterocycles. The predicted octanol–water partition coefficient (Wildman–Crippen LogP) is 3.30. The maximum Gasteiger partial charge on any atom is 0.311 e. The van der Waals surface area contributed by atoms with Gasteiger partial charge < -0.3 is 5.11 Å². The molecule has 80 valence electrons. The maximum absolute atomic E-state index is 11.4. The number of benzene rings is 1. The van der Waals surface area contributed by atoms with E-state index in [-0.39, 0.29) is 20.6 Å². The van der Waals surface area contributed by atoms with Gasteiger partial charge in [0.15, 0.2) is 5.78 Å². The van der Waals surface area contributed by atoms with Gasteiger partial charge in [0.1, 0.15) is 6.42 Å². The number of carboxylic acids is 1. The maximum atomic E-state index is 11.4. The average Bonchev–Trinajstić information content (AvgIpc) is 2.09. The lowest BCUT2D eigenvalue weighted by molar-refractivity contribution is -0.135. The van der Waals surface area contributed by atoms with Crippen molar-refractivity contribution in [3.8, 4) is 0 Å². The molecule has 0 heterocycles. The Balaban J connectivity index is 3.09. The van der Waals surface area contributed by atoms with E-state index in [4.69, 9.17) is 39.9 Å². The molecule has 0 saturated heterocycles. The topological polar surface area (TPSA) is 54.4 Å². The first-order valence-corrected chi connectivity index (χ1v) is 4.94. The summed E-state index contributed by atoms with van der Waals surface area (Å²) >= 11 is 17.1. The van der Waals surface area contributed by atoms with Gasteiger partial charge in [0.05, 0.1) is 15.1 Å². The highest BCUT2D eigenvalue weighted by Crippen LogP contribution is 2.29. The number of carbonyl (C=O) groups excluding carboxylic acids is 1. The molecule has 0 unspecified atom stereocenters. The quantitative estimate of drug-likeness (QED) is 0.519. The van der Waals surface area contributed by atoms with Crippen LogP contribution in [0.1, 0.15) is 16.8 Å². The third-order valence-electron chi connectivity index (χ3n) is 1.62. The number of carboxylic acid groups (broad SMARTS) is 1. The zero-order valence-corrected chi connectivity index (χ0v) is 9.53. The summed E-state index contributed by atoms with van der Waals surface area (Å²) in [5.41, 5.74) is 0.0634. The van der Waals surface area contributed by atoms with Crippen LogP contribution in [-0.4, -0.2) is 16.9 Å². The molecule has 0 saturated carbocycles. The van der Waals surface area contributed by atoms with Crippen LogP contribution >= 0.6 is 34.8 Å². The second-order valence-corrected chi connectivity index (χ2v) is 3.96. The summed E-state index contributed by atoms with van der Waals surface area (Å²) in [5, 5.41) is 8.91. The Morgan fingerprint density at radius 1 is 1.07 bits per heavy atom. The molecule has 15 heavy (non-hydrogen) atoms. The van der Waals surface area contributed by atoms with Gasteiger partial charge in [-0.1, -0.05) is 34.8 Å². The Bertz CT molecular complexity index is 429. The van der Waals surface area contributed by atoms with Gasteiger partial charge >= 0.3 is 5.97 Å². The molecule has 0 bridgehead atoms. The van der Waals surface area contributed by atoms with Crippen molar-refractivity contribution in [2.75, 3.05) is 0 Å². The largest absolute Gasteiger partial charge is 0.481 e. The van der Waals surface area contributed by atoms with E-state index < -0.39 is 18.2 Å². The Hall–Kier alpha value is -0.770. The minimum absolute atomic E-state index is 0.0634. The van der Waals surface area contributed by atoms with Crippen molar-refractivity contribution in [2.24, 2.45) is 0 Å². The van der Waals surface area contributed by atoms with E-state index in [1.54, 1.807) is 0 Å². The molecule has 3 nitrogen and oxygen atoms in total. The minimum atomic E-state index is -1.22. The second kappa shape index (κ2) is 4.84. The van der Waals surface area contributed by atoms with E-state index in [2.05, 4.69) is 0 Å². The first-order chi connectivity index (χ1) is 6.91. The molecule has 0 aliphatic heterocycles. The molecule has 0 spiro atoms. The molecule has 6 heteroatoms.